The van der Waals surface area contributed by atoms with E-state index < -0.39 is 0 Å². The fourth-order valence-corrected chi connectivity index (χ4v) is 3.49. The highest BCUT2D eigenvalue weighted by atomic mass is 32.1. The number of rotatable bonds is 3. The number of hydrogen-bond acceptors (Lipinski definition) is 3. The summed E-state index contributed by atoms with van der Waals surface area (Å²) in [6.07, 6.45) is 0.842. The van der Waals surface area contributed by atoms with Crippen molar-refractivity contribution in [1.82, 2.24) is 5.32 Å². The summed E-state index contributed by atoms with van der Waals surface area (Å²) >= 11 is 5.47. The summed E-state index contributed by atoms with van der Waals surface area (Å²) in [6.45, 7) is 0. The van der Waals surface area contributed by atoms with Crippen LogP contribution in [0.25, 0.3) is 0 Å². The van der Waals surface area contributed by atoms with Gasteiger partial charge in [0, 0.05) is 5.92 Å². The Morgan fingerprint density at radius 1 is 1.09 bits per heavy atom. The summed E-state index contributed by atoms with van der Waals surface area (Å²) in [7, 11) is 1.65. The molecule has 0 saturated carbocycles. The molecule has 0 radical (unpaired) electrons. The van der Waals surface area contributed by atoms with E-state index in [0.29, 0.717) is 4.99 Å². The van der Waals surface area contributed by atoms with E-state index >= 15 is 0 Å². The Morgan fingerprint density at radius 3 is 2.39 bits per heavy atom. The van der Waals surface area contributed by atoms with Crippen molar-refractivity contribution in [2.75, 3.05) is 7.11 Å². The lowest BCUT2D eigenvalue weighted by atomic mass is 9.77. The smallest absolute Gasteiger partial charge is 0.118 e. The van der Waals surface area contributed by atoms with E-state index in [1.165, 1.54) is 5.56 Å². The number of nitriles is 1. The molecule has 0 bridgehead atoms. The maximum atomic E-state index is 9.55. The Balaban J connectivity index is 1.91. The van der Waals surface area contributed by atoms with Crippen molar-refractivity contribution in [2.45, 2.75) is 18.4 Å². The molecule has 23 heavy (non-hydrogen) atoms. The third-order valence-electron chi connectivity index (χ3n) is 4.38. The van der Waals surface area contributed by atoms with Crippen molar-refractivity contribution in [3.05, 3.63) is 65.7 Å². The first-order chi connectivity index (χ1) is 11.2. The van der Waals surface area contributed by atoms with Crippen LogP contribution < -0.4 is 10.1 Å². The van der Waals surface area contributed by atoms with E-state index in [9.17, 15) is 5.26 Å². The zero-order valence-electron chi connectivity index (χ0n) is 12.9. The van der Waals surface area contributed by atoms with Gasteiger partial charge in [-0.1, -0.05) is 54.7 Å². The minimum absolute atomic E-state index is 0.0878. The van der Waals surface area contributed by atoms with Crippen LogP contribution in [-0.2, 0) is 0 Å². The van der Waals surface area contributed by atoms with E-state index in [2.05, 4.69) is 23.5 Å². The first-order valence-electron chi connectivity index (χ1n) is 7.62. The molecular weight excluding hydrogens is 304 g/mol. The lowest BCUT2D eigenvalue weighted by Gasteiger charge is -2.35. The fraction of sp³-hybridized carbons (Fsp3) is 0.263. The number of hydrogen-bond donors (Lipinski definition) is 1. The van der Waals surface area contributed by atoms with Crippen LogP contribution in [-0.4, -0.2) is 12.1 Å². The van der Waals surface area contributed by atoms with Crippen LogP contribution in [0.2, 0.25) is 0 Å². The van der Waals surface area contributed by atoms with Crippen molar-refractivity contribution < 1.29 is 4.74 Å². The van der Waals surface area contributed by atoms with Gasteiger partial charge in [0.25, 0.3) is 0 Å². The second-order valence-corrected chi connectivity index (χ2v) is 6.13. The van der Waals surface area contributed by atoms with Crippen LogP contribution in [0.1, 0.15) is 29.5 Å². The average Bonchev–Trinajstić information content (AvgIpc) is 2.62. The predicted octanol–water partition coefficient (Wildman–Crippen LogP) is 3.98. The maximum absolute atomic E-state index is 9.55. The molecule has 1 aliphatic heterocycles. The summed E-state index contributed by atoms with van der Waals surface area (Å²) in [6, 6.07) is 20.7. The van der Waals surface area contributed by atoms with Crippen LogP contribution in [0.4, 0.5) is 0 Å². The normalized spacial score (nSPS) is 23.7. The van der Waals surface area contributed by atoms with E-state index in [4.69, 9.17) is 17.0 Å². The molecule has 1 heterocycles. The number of thiocarbonyl (C=S) groups is 1. The zero-order valence-corrected chi connectivity index (χ0v) is 13.7. The fourth-order valence-electron chi connectivity index (χ4n) is 3.13. The van der Waals surface area contributed by atoms with Gasteiger partial charge in [-0.2, -0.15) is 5.26 Å². The topological polar surface area (TPSA) is 45.0 Å². The summed E-state index contributed by atoms with van der Waals surface area (Å²) in [4.78, 5) is 0.633. The molecular formula is C19H18N2OS. The zero-order chi connectivity index (χ0) is 16.2. The molecule has 0 aromatic heterocycles. The lowest BCUT2D eigenvalue weighted by molar-refractivity contribution is 0.412. The standard InChI is InChI=1S/C19H18N2OS/c1-22-15-9-7-13(8-10-15)16-11-18(14-5-3-2-4-6-14)21-19(23)17(16)12-20/h2-10,16-18H,11H2,1H3,(H,21,23). The summed E-state index contributed by atoms with van der Waals surface area (Å²) in [5, 5.41) is 12.9. The minimum atomic E-state index is -0.293. The van der Waals surface area contributed by atoms with Crippen molar-refractivity contribution >= 4 is 17.2 Å². The molecule has 3 nitrogen and oxygen atoms in total. The average molecular weight is 322 g/mol. The minimum Gasteiger partial charge on any atom is -0.497 e. The van der Waals surface area contributed by atoms with E-state index in [1.54, 1.807) is 7.11 Å². The largest absolute Gasteiger partial charge is 0.497 e. The van der Waals surface area contributed by atoms with Gasteiger partial charge in [0.1, 0.15) is 11.7 Å². The molecule has 0 aliphatic carbocycles. The highest BCUT2D eigenvalue weighted by Crippen LogP contribution is 2.39. The molecule has 4 heteroatoms. The number of ether oxygens (including phenoxy) is 1. The lowest BCUT2D eigenvalue weighted by Crippen LogP contribution is -2.41. The quantitative estimate of drug-likeness (QED) is 0.868. The molecule has 0 spiro atoms. The predicted molar refractivity (Wildman–Crippen MR) is 94.4 cm³/mol. The molecule has 116 valence electrons. The maximum Gasteiger partial charge on any atom is 0.118 e. The van der Waals surface area contributed by atoms with Gasteiger partial charge in [-0.25, -0.2) is 0 Å². The molecule has 2 aromatic carbocycles. The molecule has 1 N–H and O–H groups in total. The van der Waals surface area contributed by atoms with E-state index in [1.807, 2.05) is 42.5 Å². The Hall–Kier alpha value is -2.38. The molecule has 0 amide bonds. The molecule has 1 fully saturated rings. The van der Waals surface area contributed by atoms with Gasteiger partial charge in [0.15, 0.2) is 0 Å². The van der Waals surface area contributed by atoms with Crippen molar-refractivity contribution in [3.8, 4) is 11.8 Å². The molecule has 3 rings (SSSR count). The Kier molecular flexibility index (Phi) is 4.59. The number of nitrogens with one attached hydrogen (secondary N) is 1. The second kappa shape index (κ2) is 6.80. The van der Waals surface area contributed by atoms with Gasteiger partial charge in [-0.05, 0) is 29.7 Å². The van der Waals surface area contributed by atoms with Crippen LogP contribution in [0.3, 0.4) is 0 Å². The van der Waals surface area contributed by atoms with E-state index in [0.717, 1.165) is 17.7 Å². The van der Waals surface area contributed by atoms with Gasteiger partial charge >= 0.3 is 0 Å². The third kappa shape index (κ3) is 3.20. The highest BCUT2D eigenvalue weighted by Gasteiger charge is 2.35. The summed E-state index contributed by atoms with van der Waals surface area (Å²) in [5.41, 5.74) is 2.33. The third-order valence-corrected chi connectivity index (χ3v) is 4.75. The molecule has 1 aliphatic rings. The molecule has 3 unspecified atom stereocenters. The first kappa shape index (κ1) is 15.5. The van der Waals surface area contributed by atoms with Crippen LogP contribution in [0, 0.1) is 17.2 Å². The first-order valence-corrected chi connectivity index (χ1v) is 8.02. The number of benzene rings is 2. The molecule has 1 saturated heterocycles. The SMILES string of the molecule is COc1ccc(C2CC(c3ccccc3)NC(=S)C2C#N)cc1. The Morgan fingerprint density at radius 2 is 1.78 bits per heavy atom. The number of piperidine rings is 1. The van der Waals surface area contributed by atoms with Gasteiger partial charge < -0.3 is 10.1 Å². The van der Waals surface area contributed by atoms with Crippen LogP contribution >= 0.6 is 12.2 Å². The second-order valence-electron chi connectivity index (χ2n) is 5.69. The van der Waals surface area contributed by atoms with Gasteiger partial charge in [0.05, 0.1) is 24.2 Å². The van der Waals surface area contributed by atoms with Crippen molar-refractivity contribution in [3.63, 3.8) is 0 Å². The van der Waals surface area contributed by atoms with Gasteiger partial charge in [-0.15, -0.1) is 0 Å². The van der Waals surface area contributed by atoms with Crippen LogP contribution in [0.5, 0.6) is 5.75 Å². The van der Waals surface area contributed by atoms with Crippen LogP contribution in [0.15, 0.2) is 54.6 Å². The van der Waals surface area contributed by atoms with Gasteiger partial charge in [0.2, 0.25) is 0 Å². The molecule has 2 aromatic rings. The van der Waals surface area contributed by atoms with Crippen molar-refractivity contribution in [2.24, 2.45) is 5.92 Å². The van der Waals surface area contributed by atoms with Gasteiger partial charge in [-0.3, -0.25) is 0 Å². The van der Waals surface area contributed by atoms with Crippen molar-refractivity contribution in [1.29, 1.82) is 5.26 Å². The monoisotopic (exact) mass is 322 g/mol. The highest BCUT2D eigenvalue weighted by molar-refractivity contribution is 7.80. The number of methoxy groups -OCH3 is 1. The summed E-state index contributed by atoms with van der Waals surface area (Å²) < 4.78 is 5.22. The summed E-state index contributed by atoms with van der Waals surface area (Å²) in [5.74, 6) is 0.613. The van der Waals surface area contributed by atoms with E-state index in [-0.39, 0.29) is 17.9 Å². The Labute approximate surface area is 141 Å². The number of nitrogens with zero attached hydrogens (tertiary/aromatic N) is 1. The Bertz CT molecular complexity index is 721. The molecule has 3 atom stereocenters.